The number of aliphatic hydroxyl groups is 1. The minimum absolute atomic E-state index is 0.000872. The highest BCUT2D eigenvalue weighted by Crippen LogP contribution is 2.30. The molecule has 2 heterocycles. The Morgan fingerprint density at radius 1 is 1.13 bits per heavy atom. The number of carbonyl (C=O) groups is 1. The number of carbonyl (C=O) groups excluding carboxylic acids is 1. The number of benzene rings is 2. The monoisotopic (exact) mass is 456 g/mol. The molecule has 1 saturated heterocycles. The van der Waals surface area contributed by atoms with Gasteiger partial charge in [0.1, 0.15) is 11.1 Å². The third-order valence-electron chi connectivity index (χ3n) is 5.30. The number of nitrogens with zero attached hydrogens (tertiary/aromatic N) is 2. The summed E-state index contributed by atoms with van der Waals surface area (Å²) in [6, 6.07) is 16.1. The topological polar surface area (TPSA) is 62.7 Å². The highest BCUT2D eigenvalue weighted by molar-refractivity contribution is 6.31. The second-order valence-electron chi connectivity index (χ2n) is 7.42. The van der Waals surface area contributed by atoms with Gasteiger partial charge in [-0.1, -0.05) is 35.3 Å². The van der Waals surface area contributed by atoms with E-state index in [2.05, 4.69) is 9.88 Å². The van der Waals surface area contributed by atoms with Crippen LogP contribution >= 0.6 is 23.2 Å². The number of ketones is 1. The van der Waals surface area contributed by atoms with Crippen LogP contribution in [0.3, 0.4) is 0 Å². The summed E-state index contributed by atoms with van der Waals surface area (Å²) in [5.74, 6) is 0.342. The van der Waals surface area contributed by atoms with Crippen molar-refractivity contribution >= 4 is 34.7 Å². The van der Waals surface area contributed by atoms with Crippen LogP contribution < -0.4 is 9.64 Å². The first kappa shape index (κ1) is 21.6. The molecule has 1 aliphatic heterocycles. The van der Waals surface area contributed by atoms with E-state index in [0.29, 0.717) is 40.0 Å². The van der Waals surface area contributed by atoms with Crippen LogP contribution in [0, 0.1) is 0 Å². The van der Waals surface area contributed by atoms with Crippen molar-refractivity contribution in [1.29, 1.82) is 0 Å². The molecule has 1 aliphatic rings. The Hall–Kier alpha value is -2.60. The molecule has 1 N–H and O–H groups in total. The minimum atomic E-state index is -0.0966. The zero-order chi connectivity index (χ0) is 21.8. The highest BCUT2D eigenvalue weighted by Gasteiger charge is 2.27. The summed E-state index contributed by atoms with van der Waals surface area (Å²) in [4.78, 5) is 19.3. The van der Waals surface area contributed by atoms with Crippen molar-refractivity contribution in [1.82, 2.24) is 4.98 Å². The van der Waals surface area contributed by atoms with Gasteiger partial charge in [0.15, 0.2) is 5.78 Å². The molecule has 3 aromatic rings. The number of rotatable bonds is 7. The molecule has 160 valence electrons. The number of ether oxygens (including phenoxy) is 1. The smallest absolute Gasteiger partial charge is 0.232 e. The van der Waals surface area contributed by atoms with Gasteiger partial charge in [-0.05, 0) is 54.4 Å². The lowest BCUT2D eigenvalue weighted by Gasteiger charge is -2.23. The van der Waals surface area contributed by atoms with E-state index in [4.69, 9.17) is 27.9 Å². The first-order chi connectivity index (χ1) is 15.0. The van der Waals surface area contributed by atoms with E-state index in [0.717, 1.165) is 24.2 Å². The van der Waals surface area contributed by atoms with Gasteiger partial charge in [0.2, 0.25) is 5.88 Å². The zero-order valence-corrected chi connectivity index (χ0v) is 18.3. The van der Waals surface area contributed by atoms with Gasteiger partial charge in [-0.25, -0.2) is 4.98 Å². The summed E-state index contributed by atoms with van der Waals surface area (Å²) in [6.45, 7) is 1.47. The van der Waals surface area contributed by atoms with Crippen LogP contribution in [0.2, 0.25) is 10.0 Å². The van der Waals surface area contributed by atoms with Crippen LogP contribution in [-0.2, 0) is 6.42 Å². The van der Waals surface area contributed by atoms with Gasteiger partial charge in [-0.3, -0.25) is 4.79 Å². The molecule has 4 rings (SSSR count). The quantitative estimate of drug-likeness (QED) is 0.516. The van der Waals surface area contributed by atoms with Crippen molar-refractivity contribution in [3.63, 3.8) is 0 Å². The lowest BCUT2D eigenvalue weighted by molar-refractivity contribution is 0.103. The molecule has 0 radical (unpaired) electrons. The van der Waals surface area contributed by atoms with Crippen molar-refractivity contribution in [3.05, 3.63) is 87.5 Å². The van der Waals surface area contributed by atoms with Crippen LogP contribution in [-0.4, -0.2) is 41.7 Å². The number of halogens is 2. The Labute approximate surface area is 191 Å². The number of anilines is 1. The van der Waals surface area contributed by atoms with Crippen molar-refractivity contribution in [3.8, 4) is 5.88 Å². The third kappa shape index (κ3) is 5.01. The fourth-order valence-electron chi connectivity index (χ4n) is 3.81. The SMILES string of the molecule is O=C(c1cccc(Cl)c1)c1ccc(N2CCC(Oc3ncccc3Cl)C2)c(CCO)c1. The normalized spacial score (nSPS) is 15.8. The molecule has 1 aromatic heterocycles. The molecule has 1 atom stereocenters. The predicted molar refractivity (Wildman–Crippen MR) is 123 cm³/mol. The lowest BCUT2D eigenvalue weighted by Crippen LogP contribution is -2.26. The van der Waals surface area contributed by atoms with Gasteiger partial charge >= 0.3 is 0 Å². The summed E-state index contributed by atoms with van der Waals surface area (Å²) < 4.78 is 5.99. The maximum Gasteiger partial charge on any atom is 0.232 e. The second-order valence-corrected chi connectivity index (χ2v) is 8.27. The van der Waals surface area contributed by atoms with Crippen LogP contribution in [0.15, 0.2) is 60.8 Å². The van der Waals surface area contributed by atoms with E-state index < -0.39 is 0 Å². The van der Waals surface area contributed by atoms with Crippen LogP contribution in [0.1, 0.15) is 27.9 Å². The molecule has 0 spiro atoms. The largest absolute Gasteiger partial charge is 0.471 e. The average molecular weight is 457 g/mol. The van der Waals surface area contributed by atoms with E-state index in [1.165, 1.54) is 0 Å². The Morgan fingerprint density at radius 2 is 1.97 bits per heavy atom. The van der Waals surface area contributed by atoms with E-state index in [-0.39, 0.29) is 18.5 Å². The van der Waals surface area contributed by atoms with Gasteiger partial charge in [0, 0.05) is 47.6 Å². The molecular formula is C24H22Cl2N2O3. The van der Waals surface area contributed by atoms with E-state index in [9.17, 15) is 9.90 Å². The van der Waals surface area contributed by atoms with E-state index in [1.54, 1.807) is 42.6 Å². The molecule has 5 nitrogen and oxygen atoms in total. The van der Waals surface area contributed by atoms with Crippen LogP contribution in [0.5, 0.6) is 5.88 Å². The van der Waals surface area contributed by atoms with Gasteiger partial charge in [-0.15, -0.1) is 0 Å². The van der Waals surface area contributed by atoms with Crippen LogP contribution in [0.25, 0.3) is 0 Å². The van der Waals surface area contributed by atoms with Gasteiger partial charge in [0.25, 0.3) is 0 Å². The van der Waals surface area contributed by atoms with E-state index in [1.807, 2.05) is 18.2 Å². The summed E-state index contributed by atoms with van der Waals surface area (Å²) in [6.07, 6.45) is 2.90. The number of pyridine rings is 1. The summed E-state index contributed by atoms with van der Waals surface area (Å²) in [5, 5.41) is 10.6. The van der Waals surface area contributed by atoms with Crippen molar-refractivity contribution < 1.29 is 14.6 Å². The summed E-state index contributed by atoms with van der Waals surface area (Å²) >= 11 is 12.2. The molecule has 0 aliphatic carbocycles. The zero-order valence-electron chi connectivity index (χ0n) is 16.8. The predicted octanol–water partition coefficient (Wildman–Crippen LogP) is 4.81. The van der Waals surface area contributed by atoms with Crippen LogP contribution in [0.4, 0.5) is 5.69 Å². The maximum atomic E-state index is 12.9. The Balaban J connectivity index is 1.53. The molecule has 0 bridgehead atoms. The summed E-state index contributed by atoms with van der Waals surface area (Å²) in [5.41, 5.74) is 3.03. The molecule has 7 heteroatoms. The van der Waals surface area contributed by atoms with Gasteiger partial charge < -0.3 is 14.7 Å². The molecular weight excluding hydrogens is 435 g/mol. The maximum absolute atomic E-state index is 12.9. The number of aliphatic hydroxyl groups excluding tert-OH is 1. The van der Waals surface area contributed by atoms with Crippen molar-refractivity contribution in [2.45, 2.75) is 18.9 Å². The first-order valence-corrected chi connectivity index (χ1v) is 10.9. The number of hydrogen-bond acceptors (Lipinski definition) is 5. The molecule has 2 aromatic carbocycles. The highest BCUT2D eigenvalue weighted by atomic mass is 35.5. The number of aromatic nitrogens is 1. The Bertz CT molecular complexity index is 1090. The average Bonchev–Trinajstić information content (AvgIpc) is 3.23. The fraction of sp³-hybridized carbons (Fsp3) is 0.250. The first-order valence-electron chi connectivity index (χ1n) is 10.1. The molecule has 0 amide bonds. The molecule has 1 fully saturated rings. The third-order valence-corrected chi connectivity index (χ3v) is 5.82. The standard InChI is InChI=1S/C24H22Cl2N2O3/c25-19-4-1-3-17(14-19)23(30)18-6-7-22(16(13-18)9-12-29)28-11-8-20(15-28)31-24-21(26)5-2-10-27-24/h1-7,10,13-14,20,29H,8-9,11-12,15H2. The fourth-order valence-corrected chi connectivity index (χ4v) is 4.17. The Kier molecular flexibility index (Phi) is 6.76. The van der Waals surface area contributed by atoms with Gasteiger partial charge in [-0.2, -0.15) is 0 Å². The number of hydrogen-bond donors (Lipinski definition) is 1. The lowest BCUT2D eigenvalue weighted by atomic mass is 9.98. The second kappa shape index (κ2) is 9.69. The molecule has 1 unspecified atom stereocenters. The Morgan fingerprint density at radius 3 is 2.74 bits per heavy atom. The summed E-state index contributed by atoms with van der Waals surface area (Å²) in [7, 11) is 0. The van der Waals surface area contributed by atoms with Crippen molar-refractivity contribution in [2.75, 3.05) is 24.6 Å². The molecule has 31 heavy (non-hydrogen) atoms. The van der Waals surface area contributed by atoms with E-state index >= 15 is 0 Å². The molecule has 0 saturated carbocycles. The minimum Gasteiger partial charge on any atom is -0.471 e. The van der Waals surface area contributed by atoms with Crippen molar-refractivity contribution in [2.24, 2.45) is 0 Å². The van der Waals surface area contributed by atoms with Gasteiger partial charge in [0.05, 0.1) is 6.54 Å².